The molecule has 20 heavy (non-hydrogen) atoms. The summed E-state index contributed by atoms with van der Waals surface area (Å²) in [6.45, 7) is 5.73. The van der Waals surface area contributed by atoms with Crippen molar-refractivity contribution < 1.29 is 13.9 Å². The van der Waals surface area contributed by atoms with Gasteiger partial charge in [0, 0.05) is 19.6 Å². The van der Waals surface area contributed by atoms with Crippen LogP contribution >= 0.6 is 0 Å². The number of hydrogen-bond acceptors (Lipinski definition) is 5. The molecule has 1 aliphatic heterocycles. The summed E-state index contributed by atoms with van der Waals surface area (Å²) >= 11 is 0. The van der Waals surface area contributed by atoms with Gasteiger partial charge in [-0.25, -0.2) is 9.37 Å². The molecule has 0 aromatic carbocycles. The summed E-state index contributed by atoms with van der Waals surface area (Å²) in [6, 6.07) is 1.08. The van der Waals surface area contributed by atoms with Crippen molar-refractivity contribution in [2.24, 2.45) is 0 Å². The molecule has 0 spiro atoms. The van der Waals surface area contributed by atoms with Crippen LogP contribution in [0.3, 0.4) is 0 Å². The van der Waals surface area contributed by atoms with E-state index in [0.717, 1.165) is 31.9 Å². The Morgan fingerprint density at radius 3 is 3.25 bits per heavy atom. The third-order valence-electron chi connectivity index (χ3n) is 3.29. The van der Waals surface area contributed by atoms with Crippen LogP contribution in [0, 0.1) is 5.82 Å². The highest BCUT2D eigenvalue weighted by Crippen LogP contribution is 2.10. The number of hydrogen-bond donors (Lipinski definition) is 2. The molecule has 3 N–H and O–H groups in total. The van der Waals surface area contributed by atoms with E-state index in [4.69, 9.17) is 10.5 Å². The van der Waals surface area contributed by atoms with Crippen molar-refractivity contribution in [1.82, 2.24) is 15.2 Å². The van der Waals surface area contributed by atoms with Gasteiger partial charge in [-0.3, -0.25) is 9.69 Å². The molecule has 110 valence electrons. The number of halogens is 1. The van der Waals surface area contributed by atoms with Crippen LogP contribution in [0.2, 0.25) is 0 Å². The van der Waals surface area contributed by atoms with Crippen molar-refractivity contribution in [2.75, 3.05) is 38.5 Å². The number of pyridine rings is 1. The number of likely N-dealkylation sites (N-methyl/N-ethyl adjacent to an activating group) is 1. The molecule has 1 unspecified atom stereocenters. The second-order valence-corrected chi connectivity index (χ2v) is 4.68. The summed E-state index contributed by atoms with van der Waals surface area (Å²) in [4.78, 5) is 17.8. The zero-order chi connectivity index (χ0) is 14.5. The minimum Gasteiger partial charge on any atom is -0.383 e. The average molecular weight is 282 g/mol. The Kier molecular flexibility index (Phi) is 4.86. The molecule has 1 aromatic rings. The number of rotatable bonds is 4. The van der Waals surface area contributed by atoms with Gasteiger partial charge in [0.15, 0.2) is 0 Å². The molecule has 1 amide bonds. The molecule has 1 fully saturated rings. The molecule has 1 atom stereocenters. The van der Waals surface area contributed by atoms with Gasteiger partial charge in [-0.05, 0) is 12.6 Å². The van der Waals surface area contributed by atoms with Crippen LogP contribution in [0.15, 0.2) is 12.3 Å². The summed E-state index contributed by atoms with van der Waals surface area (Å²) < 4.78 is 18.6. The maximum absolute atomic E-state index is 13.1. The van der Waals surface area contributed by atoms with E-state index in [1.54, 1.807) is 0 Å². The fourth-order valence-electron chi connectivity index (χ4n) is 2.12. The zero-order valence-electron chi connectivity index (χ0n) is 11.4. The standard InChI is InChI=1S/C13H19FN4O2/c1-2-18-3-4-20-10(8-18)7-17-13(19)11-5-9(14)6-16-12(11)15/h5-6,10H,2-4,7-8H2,1H3,(H2,15,16)(H,17,19). The van der Waals surface area contributed by atoms with Gasteiger partial charge in [-0.1, -0.05) is 6.92 Å². The number of carbonyl (C=O) groups is 1. The topological polar surface area (TPSA) is 80.5 Å². The van der Waals surface area contributed by atoms with Gasteiger partial charge in [0.25, 0.3) is 5.91 Å². The number of nitrogens with two attached hydrogens (primary N) is 1. The molecule has 1 aromatic heterocycles. The third-order valence-corrected chi connectivity index (χ3v) is 3.29. The van der Waals surface area contributed by atoms with E-state index < -0.39 is 11.7 Å². The fourth-order valence-corrected chi connectivity index (χ4v) is 2.12. The Morgan fingerprint density at radius 1 is 1.70 bits per heavy atom. The molecular formula is C13H19FN4O2. The van der Waals surface area contributed by atoms with E-state index in [1.165, 1.54) is 0 Å². The number of carbonyl (C=O) groups excluding carboxylic acids is 1. The normalized spacial score (nSPS) is 19.8. The number of anilines is 1. The monoisotopic (exact) mass is 282 g/mol. The van der Waals surface area contributed by atoms with Crippen molar-refractivity contribution in [3.63, 3.8) is 0 Å². The first-order chi connectivity index (χ1) is 9.60. The lowest BCUT2D eigenvalue weighted by molar-refractivity contribution is -0.0246. The molecule has 1 aliphatic rings. The van der Waals surface area contributed by atoms with E-state index in [2.05, 4.69) is 22.1 Å². The summed E-state index contributed by atoms with van der Waals surface area (Å²) in [7, 11) is 0. The van der Waals surface area contributed by atoms with Gasteiger partial charge in [0.05, 0.1) is 24.5 Å². The maximum Gasteiger partial charge on any atom is 0.255 e. The second kappa shape index (κ2) is 6.62. The molecule has 2 rings (SSSR count). The van der Waals surface area contributed by atoms with Crippen molar-refractivity contribution in [2.45, 2.75) is 13.0 Å². The van der Waals surface area contributed by atoms with Crippen molar-refractivity contribution in [1.29, 1.82) is 0 Å². The smallest absolute Gasteiger partial charge is 0.255 e. The Bertz CT molecular complexity index is 483. The van der Waals surface area contributed by atoms with Crippen molar-refractivity contribution in [3.8, 4) is 0 Å². The number of aromatic nitrogens is 1. The van der Waals surface area contributed by atoms with Gasteiger partial charge in [-0.2, -0.15) is 0 Å². The Balaban J connectivity index is 1.90. The van der Waals surface area contributed by atoms with Crippen LogP contribution in [0.5, 0.6) is 0 Å². The van der Waals surface area contributed by atoms with Gasteiger partial charge in [0.1, 0.15) is 11.6 Å². The number of ether oxygens (including phenoxy) is 1. The van der Waals surface area contributed by atoms with E-state index in [-0.39, 0.29) is 17.5 Å². The first kappa shape index (κ1) is 14.7. The van der Waals surface area contributed by atoms with E-state index in [9.17, 15) is 9.18 Å². The van der Waals surface area contributed by atoms with Crippen LogP contribution < -0.4 is 11.1 Å². The number of amides is 1. The fraction of sp³-hybridized carbons (Fsp3) is 0.538. The van der Waals surface area contributed by atoms with Crippen molar-refractivity contribution >= 4 is 11.7 Å². The molecular weight excluding hydrogens is 263 g/mol. The summed E-state index contributed by atoms with van der Waals surface area (Å²) in [5.41, 5.74) is 5.61. The molecule has 2 heterocycles. The Labute approximate surface area is 117 Å². The predicted molar refractivity (Wildman–Crippen MR) is 72.8 cm³/mol. The summed E-state index contributed by atoms with van der Waals surface area (Å²) in [6.07, 6.45) is 0.922. The largest absolute Gasteiger partial charge is 0.383 e. The summed E-state index contributed by atoms with van der Waals surface area (Å²) in [5, 5.41) is 2.70. The highest BCUT2D eigenvalue weighted by Gasteiger charge is 2.20. The molecule has 0 bridgehead atoms. The van der Waals surface area contributed by atoms with Crippen LogP contribution in [0.1, 0.15) is 17.3 Å². The SMILES string of the molecule is CCN1CCOC(CNC(=O)c2cc(F)cnc2N)C1. The van der Waals surface area contributed by atoms with Crippen LogP contribution in [-0.2, 0) is 4.74 Å². The van der Waals surface area contributed by atoms with E-state index in [1.807, 2.05) is 0 Å². The zero-order valence-corrected chi connectivity index (χ0v) is 11.4. The maximum atomic E-state index is 13.1. The summed E-state index contributed by atoms with van der Waals surface area (Å²) in [5.74, 6) is -1.01. The first-order valence-corrected chi connectivity index (χ1v) is 6.63. The van der Waals surface area contributed by atoms with Crippen molar-refractivity contribution in [3.05, 3.63) is 23.6 Å². The highest BCUT2D eigenvalue weighted by atomic mass is 19.1. The lowest BCUT2D eigenvalue weighted by Gasteiger charge is -2.32. The molecule has 7 heteroatoms. The van der Waals surface area contributed by atoms with Crippen LogP contribution in [0.4, 0.5) is 10.2 Å². The number of morpholine rings is 1. The number of nitrogen functional groups attached to an aromatic ring is 1. The minimum atomic E-state index is -0.588. The molecule has 1 saturated heterocycles. The van der Waals surface area contributed by atoms with E-state index >= 15 is 0 Å². The van der Waals surface area contributed by atoms with Gasteiger partial charge in [-0.15, -0.1) is 0 Å². The predicted octanol–water partition coefficient (Wildman–Crippen LogP) is 0.253. The van der Waals surface area contributed by atoms with E-state index in [0.29, 0.717) is 13.2 Å². The van der Waals surface area contributed by atoms with Crippen LogP contribution in [-0.4, -0.2) is 54.7 Å². The third kappa shape index (κ3) is 3.64. The number of nitrogens with one attached hydrogen (secondary N) is 1. The molecule has 6 nitrogen and oxygen atoms in total. The second-order valence-electron chi connectivity index (χ2n) is 4.68. The minimum absolute atomic E-state index is 0.0173. The Hall–Kier alpha value is -1.73. The lowest BCUT2D eigenvalue weighted by atomic mass is 10.2. The Morgan fingerprint density at radius 2 is 2.50 bits per heavy atom. The van der Waals surface area contributed by atoms with Gasteiger partial charge in [0.2, 0.25) is 0 Å². The average Bonchev–Trinajstić information content (AvgIpc) is 2.47. The molecule has 0 aliphatic carbocycles. The van der Waals surface area contributed by atoms with Gasteiger partial charge < -0.3 is 15.8 Å². The number of nitrogens with zero attached hydrogens (tertiary/aromatic N) is 2. The first-order valence-electron chi connectivity index (χ1n) is 6.63. The lowest BCUT2D eigenvalue weighted by Crippen LogP contribution is -2.47. The highest BCUT2D eigenvalue weighted by molar-refractivity contribution is 5.98. The molecule has 0 radical (unpaired) electrons. The van der Waals surface area contributed by atoms with Crippen LogP contribution in [0.25, 0.3) is 0 Å². The quantitative estimate of drug-likeness (QED) is 0.827. The van der Waals surface area contributed by atoms with Gasteiger partial charge >= 0.3 is 0 Å². The molecule has 0 saturated carbocycles.